The number of hydrogen-bond donors (Lipinski definition) is 0. The Morgan fingerprint density at radius 1 is 1.38 bits per heavy atom. The summed E-state index contributed by atoms with van der Waals surface area (Å²) >= 11 is 0. The molecule has 71 valence electrons. The van der Waals surface area contributed by atoms with Crippen molar-refractivity contribution in [2.75, 3.05) is 13.1 Å². The zero-order valence-corrected chi connectivity index (χ0v) is 7.96. The third-order valence-electron chi connectivity index (χ3n) is 2.61. The van der Waals surface area contributed by atoms with E-state index < -0.39 is 0 Å². The van der Waals surface area contributed by atoms with Gasteiger partial charge in [-0.15, -0.1) is 0 Å². The van der Waals surface area contributed by atoms with Gasteiger partial charge in [-0.1, -0.05) is 12.3 Å². The SMILES string of the molecule is [C]#CCC(CC=O)N1CCCCC1. The molecule has 0 bridgehead atoms. The topological polar surface area (TPSA) is 20.3 Å². The van der Waals surface area contributed by atoms with Crippen LogP contribution in [0.1, 0.15) is 32.1 Å². The van der Waals surface area contributed by atoms with Crippen LogP contribution in [0.15, 0.2) is 0 Å². The van der Waals surface area contributed by atoms with E-state index in [0.717, 1.165) is 19.4 Å². The Kier molecular flexibility index (Phi) is 4.56. The second-order valence-electron chi connectivity index (χ2n) is 3.53. The van der Waals surface area contributed by atoms with Crippen molar-refractivity contribution in [3.63, 3.8) is 0 Å². The molecule has 0 saturated carbocycles. The van der Waals surface area contributed by atoms with Crippen LogP contribution in [-0.4, -0.2) is 30.3 Å². The van der Waals surface area contributed by atoms with Crippen LogP contribution in [0, 0.1) is 12.3 Å². The molecule has 1 heterocycles. The molecule has 1 fully saturated rings. The molecule has 1 aliphatic heterocycles. The van der Waals surface area contributed by atoms with Crippen molar-refractivity contribution in [3.8, 4) is 5.92 Å². The molecule has 0 aromatic carbocycles. The molecule has 0 aromatic rings. The van der Waals surface area contributed by atoms with Gasteiger partial charge in [0, 0.05) is 18.9 Å². The second-order valence-corrected chi connectivity index (χ2v) is 3.53. The number of carbonyl (C=O) groups excluding carboxylic acids is 1. The zero-order valence-electron chi connectivity index (χ0n) is 7.96. The van der Waals surface area contributed by atoms with E-state index in [1.54, 1.807) is 0 Å². The van der Waals surface area contributed by atoms with Crippen molar-refractivity contribution in [1.29, 1.82) is 0 Å². The first-order valence-corrected chi connectivity index (χ1v) is 4.95. The van der Waals surface area contributed by atoms with Gasteiger partial charge in [0.1, 0.15) is 6.29 Å². The largest absolute Gasteiger partial charge is 0.303 e. The van der Waals surface area contributed by atoms with Gasteiger partial charge in [-0.05, 0) is 32.4 Å². The lowest BCUT2D eigenvalue weighted by atomic mass is 10.0. The number of aldehydes is 1. The first-order valence-electron chi connectivity index (χ1n) is 4.95. The van der Waals surface area contributed by atoms with Crippen molar-refractivity contribution >= 4 is 6.29 Å². The van der Waals surface area contributed by atoms with Gasteiger partial charge in [0.2, 0.25) is 0 Å². The summed E-state index contributed by atoms with van der Waals surface area (Å²) in [5.41, 5.74) is 0. The number of rotatable bonds is 4. The van der Waals surface area contributed by atoms with E-state index in [9.17, 15) is 4.79 Å². The average Bonchev–Trinajstić information content (AvgIpc) is 2.19. The molecule has 1 unspecified atom stereocenters. The minimum absolute atomic E-state index is 0.232. The van der Waals surface area contributed by atoms with Gasteiger partial charge >= 0.3 is 0 Å². The summed E-state index contributed by atoms with van der Waals surface area (Å²) in [6, 6.07) is 0.232. The predicted molar refractivity (Wildman–Crippen MR) is 51.6 cm³/mol. The Morgan fingerprint density at radius 3 is 2.62 bits per heavy atom. The molecule has 0 aromatic heterocycles. The summed E-state index contributed by atoms with van der Waals surface area (Å²) in [6.45, 7) is 2.17. The Morgan fingerprint density at radius 2 is 2.08 bits per heavy atom. The second kappa shape index (κ2) is 5.77. The normalized spacial score (nSPS) is 20.5. The van der Waals surface area contributed by atoms with Crippen LogP contribution in [0.3, 0.4) is 0 Å². The van der Waals surface area contributed by atoms with Crippen molar-refractivity contribution in [2.24, 2.45) is 0 Å². The van der Waals surface area contributed by atoms with Crippen LogP contribution in [0.4, 0.5) is 0 Å². The van der Waals surface area contributed by atoms with Crippen LogP contribution >= 0.6 is 0 Å². The van der Waals surface area contributed by atoms with Crippen molar-refractivity contribution in [1.82, 2.24) is 4.90 Å². The van der Waals surface area contributed by atoms with Crippen molar-refractivity contribution in [2.45, 2.75) is 38.1 Å². The molecule has 0 spiro atoms. The standard InChI is InChI=1S/C11H16NO/c1-2-6-11(7-10-13)12-8-4-3-5-9-12/h10-11H,3-9H2. The van der Waals surface area contributed by atoms with E-state index in [0.29, 0.717) is 12.8 Å². The molecule has 1 rings (SSSR count). The maximum atomic E-state index is 10.4. The zero-order chi connectivity index (χ0) is 9.52. The van der Waals surface area contributed by atoms with Gasteiger partial charge in [0.05, 0.1) is 0 Å². The molecule has 0 aliphatic carbocycles. The smallest absolute Gasteiger partial charge is 0.121 e. The Hall–Kier alpha value is -0.810. The minimum Gasteiger partial charge on any atom is -0.303 e. The fourth-order valence-electron chi connectivity index (χ4n) is 1.87. The monoisotopic (exact) mass is 178 g/mol. The van der Waals surface area contributed by atoms with E-state index >= 15 is 0 Å². The van der Waals surface area contributed by atoms with E-state index in [1.807, 2.05) is 0 Å². The van der Waals surface area contributed by atoms with E-state index in [2.05, 4.69) is 10.8 Å². The number of nitrogens with zero attached hydrogens (tertiary/aromatic N) is 1. The van der Waals surface area contributed by atoms with Crippen molar-refractivity contribution in [3.05, 3.63) is 6.42 Å². The van der Waals surface area contributed by atoms with E-state index in [-0.39, 0.29) is 6.04 Å². The third-order valence-corrected chi connectivity index (χ3v) is 2.61. The number of piperidine rings is 1. The summed E-state index contributed by atoms with van der Waals surface area (Å²) in [5.74, 6) is 2.40. The maximum Gasteiger partial charge on any atom is 0.121 e. The fraction of sp³-hybridized carbons (Fsp3) is 0.727. The lowest BCUT2D eigenvalue weighted by Gasteiger charge is -2.32. The quantitative estimate of drug-likeness (QED) is 0.479. The van der Waals surface area contributed by atoms with Gasteiger partial charge in [0.15, 0.2) is 0 Å². The summed E-state index contributed by atoms with van der Waals surface area (Å²) in [6.07, 6.45) is 12.8. The molecular formula is C11H16NO. The highest BCUT2D eigenvalue weighted by Gasteiger charge is 2.18. The average molecular weight is 178 g/mol. The molecule has 2 heteroatoms. The van der Waals surface area contributed by atoms with Crippen LogP contribution in [0.2, 0.25) is 0 Å². The van der Waals surface area contributed by atoms with Gasteiger partial charge < -0.3 is 4.79 Å². The van der Waals surface area contributed by atoms with Crippen LogP contribution in [0.25, 0.3) is 0 Å². The maximum absolute atomic E-state index is 10.4. The molecule has 1 aliphatic rings. The van der Waals surface area contributed by atoms with Crippen LogP contribution in [0.5, 0.6) is 0 Å². The highest BCUT2D eigenvalue weighted by molar-refractivity contribution is 5.50. The number of likely N-dealkylation sites (tertiary alicyclic amines) is 1. The molecule has 1 radical (unpaired) electrons. The first-order chi connectivity index (χ1) is 6.38. The molecule has 2 nitrogen and oxygen atoms in total. The predicted octanol–water partition coefficient (Wildman–Crippen LogP) is 1.41. The van der Waals surface area contributed by atoms with Gasteiger partial charge in [-0.3, -0.25) is 4.90 Å². The van der Waals surface area contributed by atoms with Crippen LogP contribution in [-0.2, 0) is 4.79 Å². The van der Waals surface area contributed by atoms with Gasteiger partial charge in [-0.2, -0.15) is 0 Å². The van der Waals surface area contributed by atoms with Gasteiger partial charge in [-0.25, -0.2) is 0 Å². The Balaban J connectivity index is 2.41. The fourth-order valence-corrected chi connectivity index (χ4v) is 1.87. The highest BCUT2D eigenvalue weighted by Crippen LogP contribution is 2.15. The summed E-state index contributed by atoms with van der Waals surface area (Å²) in [5, 5.41) is 0. The van der Waals surface area contributed by atoms with E-state index in [1.165, 1.54) is 19.3 Å². The summed E-state index contributed by atoms with van der Waals surface area (Å²) in [7, 11) is 0. The number of carbonyl (C=O) groups is 1. The molecule has 13 heavy (non-hydrogen) atoms. The lowest BCUT2D eigenvalue weighted by molar-refractivity contribution is -0.109. The van der Waals surface area contributed by atoms with E-state index in [4.69, 9.17) is 6.42 Å². The molecule has 1 atom stereocenters. The Labute approximate surface area is 80.3 Å². The highest BCUT2D eigenvalue weighted by atomic mass is 16.1. The summed E-state index contributed by atoms with van der Waals surface area (Å²) in [4.78, 5) is 12.7. The lowest BCUT2D eigenvalue weighted by Crippen LogP contribution is -2.39. The minimum atomic E-state index is 0.232. The summed E-state index contributed by atoms with van der Waals surface area (Å²) < 4.78 is 0. The Bertz CT molecular complexity index is 189. The molecule has 0 amide bonds. The number of hydrogen-bond acceptors (Lipinski definition) is 2. The third kappa shape index (κ3) is 3.20. The molecular weight excluding hydrogens is 162 g/mol. The van der Waals surface area contributed by atoms with Crippen molar-refractivity contribution < 1.29 is 4.79 Å². The van der Waals surface area contributed by atoms with Crippen LogP contribution < -0.4 is 0 Å². The molecule has 1 saturated heterocycles. The van der Waals surface area contributed by atoms with Gasteiger partial charge in [0.25, 0.3) is 0 Å². The molecule has 0 N–H and O–H groups in total. The first kappa shape index (κ1) is 10.3.